The van der Waals surface area contributed by atoms with Crippen LogP contribution in [0.25, 0.3) is 0 Å². The standard InChI is InChI=1S/C18H12O3/c1-2-5-17(19)21-14-9-8-13-10-12-6-3-4-7-15(12)18(20)16(13)11-14/h3-4,6-9,11H,10H2,1H3. The third kappa shape index (κ3) is 2.44. The quantitative estimate of drug-likeness (QED) is 0.297. The number of ketones is 1. The molecule has 3 heteroatoms. The number of esters is 1. The predicted molar refractivity (Wildman–Crippen MR) is 78.2 cm³/mol. The highest BCUT2D eigenvalue weighted by atomic mass is 16.5. The monoisotopic (exact) mass is 276 g/mol. The predicted octanol–water partition coefficient (Wildman–Crippen LogP) is 2.75. The van der Waals surface area contributed by atoms with Crippen LogP contribution in [0.3, 0.4) is 0 Å². The minimum Gasteiger partial charge on any atom is -0.417 e. The van der Waals surface area contributed by atoms with Crippen molar-refractivity contribution in [2.45, 2.75) is 13.3 Å². The number of hydrogen-bond donors (Lipinski definition) is 0. The van der Waals surface area contributed by atoms with Gasteiger partial charge in [-0.15, -0.1) is 0 Å². The van der Waals surface area contributed by atoms with E-state index in [4.69, 9.17) is 4.74 Å². The van der Waals surface area contributed by atoms with Crippen LogP contribution in [0.4, 0.5) is 0 Å². The first-order valence-corrected chi connectivity index (χ1v) is 6.59. The summed E-state index contributed by atoms with van der Waals surface area (Å²) in [4.78, 5) is 23.9. The first kappa shape index (κ1) is 13.1. The van der Waals surface area contributed by atoms with E-state index in [0.29, 0.717) is 23.3 Å². The topological polar surface area (TPSA) is 43.4 Å². The molecule has 102 valence electrons. The lowest BCUT2D eigenvalue weighted by atomic mass is 9.85. The fourth-order valence-corrected chi connectivity index (χ4v) is 2.47. The number of carbonyl (C=O) groups excluding carboxylic acids is 2. The molecule has 0 aliphatic heterocycles. The normalized spacial score (nSPS) is 11.8. The summed E-state index contributed by atoms with van der Waals surface area (Å²) < 4.78 is 5.09. The molecule has 0 aromatic heterocycles. The molecule has 0 saturated heterocycles. The van der Waals surface area contributed by atoms with Crippen molar-refractivity contribution in [3.05, 3.63) is 64.7 Å². The van der Waals surface area contributed by atoms with Gasteiger partial charge < -0.3 is 4.74 Å². The van der Waals surface area contributed by atoms with Gasteiger partial charge in [0.1, 0.15) is 5.75 Å². The SMILES string of the molecule is CC#CC(=O)Oc1ccc2c(c1)C(=O)c1ccccc1C2. The molecule has 3 nitrogen and oxygen atoms in total. The summed E-state index contributed by atoms with van der Waals surface area (Å²) in [6, 6.07) is 12.7. The van der Waals surface area contributed by atoms with Crippen LogP contribution < -0.4 is 4.74 Å². The van der Waals surface area contributed by atoms with E-state index in [1.54, 1.807) is 19.1 Å². The van der Waals surface area contributed by atoms with Gasteiger partial charge >= 0.3 is 5.97 Å². The highest BCUT2D eigenvalue weighted by Gasteiger charge is 2.23. The molecule has 1 aliphatic carbocycles. The van der Waals surface area contributed by atoms with Crippen molar-refractivity contribution in [1.29, 1.82) is 0 Å². The average molecular weight is 276 g/mol. The van der Waals surface area contributed by atoms with Crippen LogP contribution in [0.5, 0.6) is 5.75 Å². The second-order valence-electron chi connectivity index (χ2n) is 4.75. The highest BCUT2D eigenvalue weighted by molar-refractivity contribution is 6.12. The van der Waals surface area contributed by atoms with Crippen LogP contribution in [-0.4, -0.2) is 11.8 Å². The van der Waals surface area contributed by atoms with Crippen molar-refractivity contribution in [1.82, 2.24) is 0 Å². The molecular formula is C18H12O3. The molecule has 0 radical (unpaired) electrons. The van der Waals surface area contributed by atoms with Gasteiger partial charge in [-0.2, -0.15) is 0 Å². The van der Waals surface area contributed by atoms with Crippen LogP contribution in [0.1, 0.15) is 34.0 Å². The molecule has 1 aliphatic rings. The van der Waals surface area contributed by atoms with E-state index in [-0.39, 0.29) is 5.78 Å². The second-order valence-corrected chi connectivity index (χ2v) is 4.75. The lowest BCUT2D eigenvalue weighted by molar-refractivity contribution is -0.128. The molecule has 0 unspecified atom stereocenters. The third-order valence-corrected chi connectivity index (χ3v) is 3.41. The summed E-state index contributed by atoms with van der Waals surface area (Å²) in [5, 5.41) is 0. The lowest BCUT2D eigenvalue weighted by Crippen LogP contribution is -2.15. The van der Waals surface area contributed by atoms with Crippen molar-refractivity contribution < 1.29 is 14.3 Å². The van der Waals surface area contributed by atoms with Crippen LogP contribution >= 0.6 is 0 Å². The van der Waals surface area contributed by atoms with Gasteiger partial charge in [0.25, 0.3) is 0 Å². The average Bonchev–Trinajstić information content (AvgIpc) is 2.48. The highest BCUT2D eigenvalue weighted by Crippen LogP contribution is 2.29. The van der Waals surface area contributed by atoms with Crippen molar-refractivity contribution in [3.63, 3.8) is 0 Å². The molecular weight excluding hydrogens is 264 g/mol. The van der Waals surface area contributed by atoms with E-state index in [1.807, 2.05) is 30.3 Å². The molecule has 0 spiro atoms. The molecule has 0 fully saturated rings. The van der Waals surface area contributed by atoms with Gasteiger partial charge in [-0.25, -0.2) is 4.79 Å². The maximum absolute atomic E-state index is 12.5. The van der Waals surface area contributed by atoms with E-state index >= 15 is 0 Å². The summed E-state index contributed by atoms with van der Waals surface area (Å²) >= 11 is 0. The van der Waals surface area contributed by atoms with E-state index in [1.165, 1.54) is 0 Å². The fourth-order valence-electron chi connectivity index (χ4n) is 2.47. The van der Waals surface area contributed by atoms with Gasteiger partial charge in [-0.3, -0.25) is 4.79 Å². The molecule has 0 bridgehead atoms. The summed E-state index contributed by atoms with van der Waals surface area (Å²) in [6.07, 6.45) is 0.709. The summed E-state index contributed by atoms with van der Waals surface area (Å²) in [5.74, 6) is 4.47. The van der Waals surface area contributed by atoms with E-state index in [2.05, 4.69) is 11.8 Å². The minimum absolute atomic E-state index is 0.0358. The molecule has 0 amide bonds. The van der Waals surface area contributed by atoms with Gasteiger partial charge in [0.15, 0.2) is 5.78 Å². The maximum atomic E-state index is 12.5. The smallest absolute Gasteiger partial charge is 0.389 e. The minimum atomic E-state index is -0.624. The molecule has 0 heterocycles. The summed E-state index contributed by atoms with van der Waals surface area (Å²) in [7, 11) is 0. The van der Waals surface area contributed by atoms with E-state index < -0.39 is 5.97 Å². The Kier molecular flexibility index (Phi) is 3.29. The van der Waals surface area contributed by atoms with Crippen LogP contribution in [-0.2, 0) is 11.2 Å². The Hall–Kier alpha value is -2.86. The first-order valence-electron chi connectivity index (χ1n) is 6.59. The van der Waals surface area contributed by atoms with E-state index in [0.717, 1.165) is 11.1 Å². The number of hydrogen-bond acceptors (Lipinski definition) is 3. The number of benzene rings is 2. The third-order valence-electron chi connectivity index (χ3n) is 3.41. The van der Waals surface area contributed by atoms with Gasteiger partial charge in [-0.1, -0.05) is 36.3 Å². The Morgan fingerprint density at radius 1 is 1.10 bits per heavy atom. The van der Waals surface area contributed by atoms with Crippen LogP contribution in [0, 0.1) is 11.8 Å². The Morgan fingerprint density at radius 3 is 2.67 bits per heavy atom. The van der Waals surface area contributed by atoms with Gasteiger partial charge in [0.05, 0.1) is 0 Å². The van der Waals surface area contributed by atoms with E-state index in [9.17, 15) is 9.59 Å². The Morgan fingerprint density at radius 2 is 1.86 bits per heavy atom. The molecule has 2 aromatic rings. The largest absolute Gasteiger partial charge is 0.417 e. The molecule has 0 N–H and O–H groups in total. The zero-order chi connectivity index (χ0) is 14.8. The number of ether oxygens (including phenoxy) is 1. The Bertz CT molecular complexity index is 807. The van der Waals surface area contributed by atoms with Gasteiger partial charge in [-0.05, 0) is 36.6 Å². The zero-order valence-electron chi connectivity index (χ0n) is 11.5. The molecule has 0 saturated carbocycles. The summed E-state index contributed by atoms with van der Waals surface area (Å²) in [5.41, 5.74) is 3.27. The molecule has 21 heavy (non-hydrogen) atoms. The van der Waals surface area contributed by atoms with Crippen molar-refractivity contribution in [2.24, 2.45) is 0 Å². The number of fused-ring (bicyclic) bond motifs is 2. The second kappa shape index (κ2) is 5.26. The Labute approximate surface area is 122 Å². The molecule has 3 rings (SSSR count). The zero-order valence-corrected chi connectivity index (χ0v) is 11.5. The van der Waals surface area contributed by atoms with Crippen molar-refractivity contribution in [3.8, 4) is 17.6 Å². The van der Waals surface area contributed by atoms with Crippen LogP contribution in [0.2, 0.25) is 0 Å². The van der Waals surface area contributed by atoms with Crippen molar-refractivity contribution in [2.75, 3.05) is 0 Å². The lowest BCUT2D eigenvalue weighted by Gasteiger charge is -2.18. The first-order chi connectivity index (χ1) is 10.2. The number of rotatable bonds is 1. The molecule has 2 aromatic carbocycles. The number of carbonyl (C=O) groups is 2. The molecule has 0 atom stereocenters. The van der Waals surface area contributed by atoms with Crippen molar-refractivity contribution >= 4 is 11.8 Å². The van der Waals surface area contributed by atoms with Crippen LogP contribution in [0.15, 0.2) is 42.5 Å². The van der Waals surface area contributed by atoms with Gasteiger partial charge in [0.2, 0.25) is 0 Å². The Balaban J connectivity index is 1.97. The summed E-state index contributed by atoms with van der Waals surface area (Å²) in [6.45, 7) is 1.56. The fraction of sp³-hybridized carbons (Fsp3) is 0.111. The maximum Gasteiger partial charge on any atom is 0.389 e. The van der Waals surface area contributed by atoms with Gasteiger partial charge in [0, 0.05) is 17.0 Å².